The molecule has 0 aromatic carbocycles. The molecular formula is C7H16ClNO3. The number of likely N-dealkylation sites (N-methyl/N-ethyl adjacent to an activating group) is 1. The Bertz CT molecular complexity index is 328. The fourth-order valence-corrected chi connectivity index (χ4v) is 0.582. The monoisotopic (exact) mass is 206 g/mol. The van der Waals surface area contributed by atoms with Gasteiger partial charge < -0.3 is 27.1 Å². The number of rotatable bonds is 4. The molecule has 0 radical (unpaired) electrons. The average Bonchev–Trinajstić information content (AvgIpc) is 2.06. The maximum Gasteiger partial charge on any atom is 0.306 e. The van der Waals surface area contributed by atoms with Gasteiger partial charge >= 0.3 is 5.97 Å². The molecule has 4 nitrogen and oxygen atoms in total. The Morgan fingerprint density at radius 2 is 2.08 bits per heavy atom. The number of aliphatic carboxylic acids is 1. The van der Waals surface area contributed by atoms with Crippen molar-refractivity contribution in [2.75, 3.05) is 27.5 Å². The van der Waals surface area contributed by atoms with E-state index in [9.17, 15) is 9.90 Å². The molecule has 2 N–H and O–H groups in total. The van der Waals surface area contributed by atoms with Crippen LogP contribution < -0.4 is 12.4 Å². The zero-order valence-electron chi connectivity index (χ0n) is 15.1. The van der Waals surface area contributed by atoms with Gasteiger partial charge in [-0.2, -0.15) is 0 Å². The highest BCUT2D eigenvalue weighted by Crippen LogP contribution is 1.98. The van der Waals surface area contributed by atoms with Gasteiger partial charge in [0.15, 0.2) is 0 Å². The van der Waals surface area contributed by atoms with E-state index in [1.807, 2.05) is 0 Å². The number of quaternary nitrogens is 1. The van der Waals surface area contributed by atoms with Crippen LogP contribution in [0.3, 0.4) is 0 Å². The van der Waals surface area contributed by atoms with Crippen LogP contribution in [0.2, 0.25) is 0 Å². The standard InChI is InChI=1S/C7H15NO3.ClH/c1-8(2,3)5-6(9)4-7(10)11;/h6,9H,4-5H2,1-3H3;1H/t6-;/m1./s1/i1D3,2D3,3D3;. The third-order valence-electron chi connectivity index (χ3n) is 0.895. The summed E-state index contributed by atoms with van der Waals surface area (Å²) in [6.45, 7) is -11.7. The van der Waals surface area contributed by atoms with E-state index in [1.54, 1.807) is 0 Å². The number of aliphatic hydroxyl groups excluding tert-OH is 1. The van der Waals surface area contributed by atoms with Crippen LogP contribution in [0.4, 0.5) is 0 Å². The molecule has 0 rings (SSSR count). The first-order valence-electron chi connectivity index (χ1n) is 7.34. The number of aliphatic hydroxyl groups is 1. The van der Waals surface area contributed by atoms with E-state index in [4.69, 9.17) is 17.4 Å². The van der Waals surface area contributed by atoms with Crippen molar-refractivity contribution < 1.29 is 44.2 Å². The number of hydrogen-bond donors (Lipinski definition) is 2. The van der Waals surface area contributed by atoms with Crippen LogP contribution in [-0.4, -0.2) is 54.2 Å². The maximum absolute atomic E-state index is 10.5. The lowest BCUT2D eigenvalue weighted by atomic mass is 10.2. The predicted molar refractivity (Wildman–Crippen MR) is 41.2 cm³/mol. The lowest BCUT2D eigenvalue weighted by Crippen LogP contribution is -3.00. The second-order valence-corrected chi connectivity index (χ2v) is 2.24. The molecule has 0 bridgehead atoms. The zero-order valence-corrected chi connectivity index (χ0v) is 6.88. The molecular weight excluding hydrogens is 182 g/mol. The van der Waals surface area contributed by atoms with Crippen molar-refractivity contribution in [2.45, 2.75) is 12.5 Å². The van der Waals surface area contributed by atoms with Crippen molar-refractivity contribution in [1.29, 1.82) is 0 Å². The van der Waals surface area contributed by atoms with Gasteiger partial charge in [0, 0.05) is 0 Å². The summed E-state index contributed by atoms with van der Waals surface area (Å²) in [5.41, 5.74) is 0. The van der Waals surface area contributed by atoms with Gasteiger partial charge in [0.05, 0.1) is 39.7 Å². The van der Waals surface area contributed by atoms with Crippen molar-refractivity contribution in [3.05, 3.63) is 0 Å². The van der Waals surface area contributed by atoms with Gasteiger partial charge in [-0.1, -0.05) is 0 Å². The number of hydrogen-bond acceptors (Lipinski definition) is 2. The van der Waals surface area contributed by atoms with E-state index in [2.05, 4.69) is 0 Å². The van der Waals surface area contributed by atoms with Crippen LogP contribution in [0.25, 0.3) is 0 Å². The van der Waals surface area contributed by atoms with Crippen LogP contribution in [0.1, 0.15) is 18.8 Å². The SMILES string of the molecule is [2H]C([2H])([2H])[N+](C[C@H](O)CC(=O)O)(C([2H])([2H])[2H])C([2H])([2H])[2H].[Cl-]. The smallest absolute Gasteiger partial charge is 0.306 e. The molecule has 0 heterocycles. The first kappa shape index (κ1) is 3.82. The van der Waals surface area contributed by atoms with E-state index in [0.717, 1.165) is 0 Å². The van der Waals surface area contributed by atoms with E-state index in [1.165, 1.54) is 0 Å². The van der Waals surface area contributed by atoms with Crippen molar-refractivity contribution in [3.8, 4) is 0 Å². The van der Waals surface area contributed by atoms with E-state index >= 15 is 0 Å². The largest absolute Gasteiger partial charge is 1.00 e. The van der Waals surface area contributed by atoms with Gasteiger partial charge in [-0.15, -0.1) is 0 Å². The van der Waals surface area contributed by atoms with Crippen molar-refractivity contribution in [3.63, 3.8) is 0 Å². The molecule has 0 aliphatic heterocycles. The van der Waals surface area contributed by atoms with Gasteiger partial charge in [-0.25, -0.2) is 0 Å². The number of carboxylic acids is 1. The minimum Gasteiger partial charge on any atom is -1.00 e. The molecule has 0 fully saturated rings. The molecule has 0 spiro atoms. The lowest BCUT2D eigenvalue weighted by Gasteiger charge is -2.25. The summed E-state index contributed by atoms with van der Waals surface area (Å²) >= 11 is 0. The molecule has 0 amide bonds. The van der Waals surface area contributed by atoms with E-state index < -0.39 is 50.4 Å². The van der Waals surface area contributed by atoms with Gasteiger partial charge in [0.2, 0.25) is 0 Å². The third kappa shape index (κ3) is 9.68. The van der Waals surface area contributed by atoms with Crippen LogP contribution in [-0.2, 0) is 4.79 Å². The zero-order chi connectivity index (χ0) is 16.6. The Kier molecular flexibility index (Phi) is 1.70. The van der Waals surface area contributed by atoms with Crippen LogP contribution >= 0.6 is 0 Å². The summed E-state index contributed by atoms with van der Waals surface area (Å²) in [6, 6.07) is 0. The molecule has 12 heavy (non-hydrogen) atoms. The average molecular weight is 207 g/mol. The summed E-state index contributed by atoms with van der Waals surface area (Å²) in [6.07, 6.45) is -2.88. The molecule has 0 saturated heterocycles. The normalized spacial score (nSPS) is 27.6. The van der Waals surface area contributed by atoms with Crippen LogP contribution in [0, 0.1) is 0 Å². The van der Waals surface area contributed by atoms with Crippen LogP contribution in [0.5, 0.6) is 0 Å². The molecule has 0 aliphatic carbocycles. The van der Waals surface area contributed by atoms with Crippen molar-refractivity contribution >= 4 is 5.97 Å². The highest BCUT2D eigenvalue weighted by molar-refractivity contribution is 5.67. The third-order valence-corrected chi connectivity index (χ3v) is 0.895. The summed E-state index contributed by atoms with van der Waals surface area (Å²) < 4.78 is 62.9. The Hall–Kier alpha value is -0.320. The molecule has 0 saturated carbocycles. The summed E-state index contributed by atoms with van der Waals surface area (Å²) in [7, 11) is 0. The maximum atomic E-state index is 10.5. The fraction of sp³-hybridized carbons (Fsp3) is 0.857. The summed E-state index contributed by atoms with van der Waals surface area (Å²) in [4.78, 5) is 10.5. The lowest BCUT2D eigenvalue weighted by molar-refractivity contribution is -0.873. The van der Waals surface area contributed by atoms with E-state index in [0.29, 0.717) is 0 Å². The molecule has 74 valence electrons. The Labute approximate surface area is 91.4 Å². The van der Waals surface area contributed by atoms with Gasteiger partial charge in [-0.3, -0.25) is 4.79 Å². The summed E-state index contributed by atoms with van der Waals surface area (Å²) in [5, 5.41) is 18.0. The number of carboxylic acid groups (broad SMARTS) is 1. The number of carbonyl (C=O) groups is 1. The molecule has 0 aromatic heterocycles. The molecule has 0 aliphatic rings. The van der Waals surface area contributed by atoms with Gasteiger partial charge in [0.1, 0.15) is 12.6 Å². The molecule has 0 aromatic rings. The van der Waals surface area contributed by atoms with Crippen LogP contribution in [0.15, 0.2) is 0 Å². The number of halogens is 1. The predicted octanol–water partition coefficient (Wildman–Crippen LogP) is -3.47. The number of nitrogens with zero attached hydrogens (tertiary/aromatic N) is 1. The minimum absolute atomic E-state index is 0. The second kappa shape index (κ2) is 5.35. The van der Waals surface area contributed by atoms with Crippen molar-refractivity contribution in [2.24, 2.45) is 0 Å². The van der Waals surface area contributed by atoms with Gasteiger partial charge in [-0.05, 0) is 0 Å². The first-order valence-corrected chi connectivity index (χ1v) is 2.84. The van der Waals surface area contributed by atoms with E-state index in [-0.39, 0.29) is 12.4 Å². The fourth-order valence-electron chi connectivity index (χ4n) is 0.582. The minimum atomic E-state index is -3.49. The second-order valence-electron chi connectivity index (χ2n) is 2.24. The Morgan fingerprint density at radius 3 is 2.42 bits per heavy atom. The first-order chi connectivity index (χ1) is 8.56. The van der Waals surface area contributed by atoms with Gasteiger partial charge in [0.25, 0.3) is 0 Å². The Morgan fingerprint density at radius 1 is 1.58 bits per heavy atom. The summed E-state index contributed by atoms with van der Waals surface area (Å²) in [5.74, 6) is -1.50. The molecule has 5 heteroatoms. The highest BCUT2D eigenvalue weighted by atomic mass is 35.5. The molecule has 0 unspecified atom stereocenters. The Balaban J connectivity index is 0. The van der Waals surface area contributed by atoms with Crippen molar-refractivity contribution in [1.82, 2.24) is 0 Å². The topological polar surface area (TPSA) is 57.5 Å². The quantitative estimate of drug-likeness (QED) is 0.470. The highest BCUT2D eigenvalue weighted by Gasteiger charge is 2.17. The molecule has 1 atom stereocenters.